The Morgan fingerprint density at radius 3 is 2.46 bits per heavy atom. The molecule has 0 aliphatic carbocycles. The molecular weight excluding hydrogens is 188 g/mol. The third kappa shape index (κ3) is 4.80. The first-order valence-electron chi connectivity index (χ1n) is 4.05. The summed E-state index contributed by atoms with van der Waals surface area (Å²) in [7, 11) is 1.48. The first-order valence-corrected chi connectivity index (χ1v) is 4.46. The van der Waals surface area contributed by atoms with Gasteiger partial charge in [0.1, 0.15) is 6.61 Å². The lowest BCUT2D eigenvalue weighted by atomic mass is 10.3. The maximum absolute atomic E-state index is 11.4. The van der Waals surface area contributed by atoms with Gasteiger partial charge in [-0.1, -0.05) is 12.2 Å². The number of hydrogen-bond acceptors (Lipinski definition) is 3. The number of carbonyl (C=O) groups excluding carboxylic acids is 1. The van der Waals surface area contributed by atoms with E-state index in [0.29, 0.717) is 11.5 Å². The fraction of sp³-hybridized carbons (Fsp3) is 0.750. The van der Waals surface area contributed by atoms with Crippen LogP contribution in [0.15, 0.2) is 0 Å². The Morgan fingerprint density at radius 1 is 1.62 bits per heavy atom. The molecule has 0 fully saturated rings. The molecule has 0 atom stereocenters. The van der Waals surface area contributed by atoms with E-state index in [9.17, 15) is 4.79 Å². The van der Waals surface area contributed by atoms with Gasteiger partial charge in [0, 0.05) is 13.2 Å². The number of nitrogens with zero attached hydrogens (tertiary/aromatic N) is 1. The molecule has 13 heavy (non-hydrogen) atoms. The number of carbonyl (C=O) groups is 1. The number of rotatable bonds is 5. The topological polar surface area (TPSA) is 55.6 Å². The van der Waals surface area contributed by atoms with Crippen LogP contribution >= 0.6 is 12.2 Å². The zero-order chi connectivity index (χ0) is 10.4. The quantitative estimate of drug-likeness (QED) is 0.648. The fourth-order valence-electron chi connectivity index (χ4n) is 0.933. The van der Waals surface area contributed by atoms with Gasteiger partial charge in [-0.15, -0.1) is 0 Å². The summed E-state index contributed by atoms with van der Waals surface area (Å²) in [6, 6.07) is 0.0872. The Bertz CT molecular complexity index is 195. The van der Waals surface area contributed by atoms with Crippen LogP contribution in [0, 0.1) is 0 Å². The Labute approximate surface area is 84.0 Å². The molecule has 76 valence electrons. The third-order valence-corrected chi connectivity index (χ3v) is 1.67. The minimum absolute atomic E-state index is 0.0702. The SMILES string of the molecule is COCC(=O)N(CC(N)=S)C(C)C. The molecule has 0 saturated heterocycles. The number of methoxy groups -OCH3 is 1. The Hall–Kier alpha value is -0.680. The predicted molar refractivity (Wildman–Crippen MR) is 55.5 cm³/mol. The van der Waals surface area contributed by atoms with Gasteiger partial charge in [0.15, 0.2) is 0 Å². The minimum atomic E-state index is -0.0923. The second-order valence-electron chi connectivity index (χ2n) is 3.01. The van der Waals surface area contributed by atoms with Gasteiger partial charge >= 0.3 is 0 Å². The number of nitrogens with two attached hydrogens (primary N) is 1. The van der Waals surface area contributed by atoms with Gasteiger partial charge in [-0.2, -0.15) is 0 Å². The molecule has 0 aromatic heterocycles. The van der Waals surface area contributed by atoms with Crippen molar-refractivity contribution in [3.8, 4) is 0 Å². The average molecular weight is 204 g/mol. The summed E-state index contributed by atoms with van der Waals surface area (Å²) in [6.45, 7) is 4.20. The molecule has 0 heterocycles. The predicted octanol–water partition coefficient (Wildman–Crippen LogP) is 0.156. The normalized spacial score (nSPS) is 10.2. The van der Waals surface area contributed by atoms with Crippen molar-refractivity contribution in [2.24, 2.45) is 5.73 Å². The third-order valence-electron chi connectivity index (χ3n) is 1.54. The standard InChI is InChI=1S/C8H16N2O2S/c1-6(2)10(4-7(9)13)8(11)5-12-3/h6H,4-5H2,1-3H3,(H2,9,13). The Balaban J connectivity index is 4.24. The van der Waals surface area contributed by atoms with E-state index in [1.165, 1.54) is 7.11 Å². The van der Waals surface area contributed by atoms with Crippen molar-refractivity contribution in [1.82, 2.24) is 4.90 Å². The molecular formula is C8H16N2O2S. The van der Waals surface area contributed by atoms with Crippen molar-refractivity contribution < 1.29 is 9.53 Å². The van der Waals surface area contributed by atoms with Gasteiger partial charge in [0.25, 0.3) is 0 Å². The number of hydrogen-bond donors (Lipinski definition) is 1. The number of amides is 1. The highest BCUT2D eigenvalue weighted by atomic mass is 32.1. The maximum Gasteiger partial charge on any atom is 0.249 e. The van der Waals surface area contributed by atoms with E-state index in [0.717, 1.165) is 0 Å². The summed E-state index contributed by atoms with van der Waals surface area (Å²) < 4.78 is 4.74. The van der Waals surface area contributed by atoms with Gasteiger partial charge in [-0.3, -0.25) is 4.79 Å². The smallest absolute Gasteiger partial charge is 0.249 e. The molecule has 5 heteroatoms. The van der Waals surface area contributed by atoms with E-state index in [1.807, 2.05) is 13.8 Å². The van der Waals surface area contributed by atoms with Crippen molar-refractivity contribution in [3.63, 3.8) is 0 Å². The summed E-state index contributed by atoms with van der Waals surface area (Å²) in [5.41, 5.74) is 5.36. The van der Waals surface area contributed by atoms with Crippen LogP contribution in [0.5, 0.6) is 0 Å². The molecule has 0 saturated carbocycles. The van der Waals surface area contributed by atoms with Gasteiger partial charge in [0.05, 0.1) is 11.5 Å². The van der Waals surface area contributed by atoms with Crippen LogP contribution in [0.25, 0.3) is 0 Å². The van der Waals surface area contributed by atoms with E-state index < -0.39 is 0 Å². The van der Waals surface area contributed by atoms with Crippen LogP contribution in [-0.2, 0) is 9.53 Å². The molecule has 0 rings (SSSR count). The van der Waals surface area contributed by atoms with Crippen molar-refractivity contribution in [1.29, 1.82) is 0 Å². The van der Waals surface area contributed by atoms with E-state index in [4.69, 9.17) is 22.7 Å². The summed E-state index contributed by atoms with van der Waals surface area (Å²) in [6.07, 6.45) is 0. The molecule has 0 aliphatic heterocycles. The van der Waals surface area contributed by atoms with Crippen LogP contribution in [0.3, 0.4) is 0 Å². The van der Waals surface area contributed by atoms with Crippen molar-refractivity contribution in [3.05, 3.63) is 0 Å². The van der Waals surface area contributed by atoms with Crippen LogP contribution < -0.4 is 5.73 Å². The summed E-state index contributed by atoms with van der Waals surface area (Å²) in [4.78, 5) is 13.3. The highest BCUT2D eigenvalue weighted by Crippen LogP contribution is 1.98. The summed E-state index contributed by atoms with van der Waals surface area (Å²) >= 11 is 4.74. The van der Waals surface area contributed by atoms with E-state index in [-0.39, 0.29) is 18.6 Å². The first kappa shape index (κ1) is 12.3. The minimum Gasteiger partial charge on any atom is -0.392 e. The van der Waals surface area contributed by atoms with Gasteiger partial charge in [-0.25, -0.2) is 0 Å². The van der Waals surface area contributed by atoms with E-state index >= 15 is 0 Å². The van der Waals surface area contributed by atoms with Gasteiger partial charge in [-0.05, 0) is 13.8 Å². The molecule has 1 amide bonds. The molecule has 2 N–H and O–H groups in total. The van der Waals surface area contributed by atoms with E-state index in [1.54, 1.807) is 4.90 Å². The molecule has 0 spiro atoms. The summed E-state index contributed by atoms with van der Waals surface area (Å²) in [5.74, 6) is -0.0923. The van der Waals surface area contributed by atoms with Crippen LogP contribution in [0.4, 0.5) is 0 Å². The van der Waals surface area contributed by atoms with E-state index in [2.05, 4.69) is 0 Å². The monoisotopic (exact) mass is 204 g/mol. The molecule has 0 bridgehead atoms. The highest BCUT2D eigenvalue weighted by Gasteiger charge is 2.16. The number of ether oxygens (including phenoxy) is 1. The van der Waals surface area contributed by atoms with Crippen molar-refractivity contribution in [2.45, 2.75) is 19.9 Å². The molecule has 0 aliphatic rings. The average Bonchev–Trinajstić information content (AvgIpc) is 1.99. The summed E-state index contributed by atoms with van der Waals surface area (Å²) in [5, 5.41) is 0. The molecule has 0 aromatic carbocycles. The van der Waals surface area contributed by atoms with Crippen LogP contribution in [0.2, 0.25) is 0 Å². The lowest BCUT2D eigenvalue weighted by molar-refractivity contribution is -0.135. The lowest BCUT2D eigenvalue weighted by Gasteiger charge is -2.25. The van der Waals surface area contributed by atoms with Gasteiger partial charge < -0.3 is 15.4 Å². The zero-order valence-electron chi connectivity index (χ0n) is 8.24. The second kappa shape index (κ2) is 5.88. The van der Waals surface area contributed by atoms with Crippen LogP contribution in [-0.4, -0.2) is 42.1 Å². The van der Waals surface area contributed by atoms with Crippen molar-refractivity contribution in [2.75, 3.05) is 20.3 Å². The Morgan fingerprint density at radius 2 is 2.15 bits per heavy atom. The van der Waals surface area contributed by atoms with Crippen LogP contribution in [0.1, 0.15) is 13.8 Å². The van der Waals surface area contributed by atoms with Gasteiger partial charge in [0.2, 0.25) is 5.91 Å². The second-order valence-corrected chi connectivity index (χ2v) is 3.54. The maximum atomic E-state index is 11.4. The first-order chi connectivity index (χ1) is 5.99. The molecule has 0 unspecified atom stereocenters. The molecule has 0 aromatic rings. The fourth-order valence-corrected chi connectivity index (χ4v) is 1.07. The molecule has 4 nitrogen and oxygen atoms in total. The number of thiocarbonyl (C=S) groups is 1. The van der Waals surface area contributed by atoms with Crippen molar-refractivity contribution >= 4 is 23.1 Å². The molecule has 0 radical (unpaired) electrons. The lowest BCUT2D eigenvalue weighted by Crippen LogP contribution is -2.43. The zero-order valence-corrected chi connectivity index (χ0v) is 9.06. The largest absolute Gasteiger partial charge is 0.392 e. The Kier molecular flexibility index (Phi) is 5.57. The highest BCUT2D eigenvalue weighted by molar-refractivity contribution is 7.80.